The van der Waals surface area contributed by atoms with E-state index >= 15 is 0 Å². The first-order chi connectivity index (χ1) is 6.64. The SMILES string of the molecule is CCC1CC1.O=P(O)(O)CNP(=O)(O)O. The van der Waals surface area contributed by atoms with Gasteiger partial charge in [0, 0.05) is 0 Å². The van der Waals surface area contributed by atoms with Crippen LogP contribution in [0.3, 0.4) is 0 Å². The Bertz CT molecular complexity index is 245. The molecule has 1 aliphatic rings. The van der Waals surface area contributed by atoms with Crippen LogP contribution in [0.4, 0.5) is 0 Å². The minimum absolute atomic E-state index is 1.02. The van der Waals surface area contributed by atoms with Gasteiger partial charge in [0.15, 0.2) is 0 Å². The molecule has 9 heteroatoms. The predicted molar refractivity (Wildman–Crippen MR) is 55.1 cm³/mol. The van der Waals surface area contributed by atoms with Crippen molar-refractivity contribution < 1.29 is 28.7 Å². The molecule has 0 aromatic rings. The summed E-state index contributed by atoms with van der Waals surface area (Å²) >= 11 is 0. The maximum atomic E-state index is 9.97. The molecule has 0 radical (unpaired) electrons. The Morgan fingerprint density at radius 3 is 1.73 bits per heavy atom. The van der Waals surface area contributed by atoms with E-state index in [1.807, 2.05) is 0 Å². The number of hydrogen-bond donors (Lipinski definition) is 5. The molecule has 5 N–H and O–H groups in total. The van der Waals surface area contributed by atoms with Crippen LogP contribution in [-0.4, -0.2) is 25.9 Å². The Labute approximate surface area is 88.3 Å². The van der Waals surface area contributed by atoms with E-state index < -0.39 is 21.6 Å². The van der Waals surface area contributed by atoms with Crippen molar-refractivity contribution in [2.45, 2.75) is 26.2 Å². The molecule has 0 atom stereocenters. The number of nitrogens with one attached hydrogen (secondary N) is 1. The lowest BCUT2D eigenvalue weighted by Crippen LogP contribution is -2.11. The fourth-order valence-corrected chi connectivity index (χ4v) is 2.18. The second-order valence-electron chi connectivity index (χ2n) is 3.38. The van der Waals surface area contributed by atoms with Crippen molar-refractivity contribution in [3.05, 3.63) is 0 Å². The average Bonchev–Trinajstić information content (AvgIpc) is 2.82. The zero-order chi connectivity index (χ0) is 12.1. The number of hydrogen-bond acceptors (Lipinski definition) is 2. The lowest BCUT2D eigenvalue weighted by Gasteiger charge is -2.06. The van der Waals surface area contributed by atoms with Crippen LogP contribution in [0.15, 0.2) is 0 Å². The van der Waals surface area contributed by atoms with Crippen molar-refractivity contribution in [2.75, 3.05) is 6.29 Å². The summed E-state index contributed by atoms with van der Waals surface area (Å²) in [4.78, 5) is 32.2. The van der Waals surface area contributed by atoms with Gasteiger partial charge in [-0.3, -0.25) is 4.57 Å². The van der Waals surface area contributed by atoms with Crippen molar-refractivity contribution in [1.82, 2.24) is 5.09 Å². The van der Waals surface area contributed by atoms with E-state index in [1.165, 1.54) is 24.3 Å². The van der Waals surface area contributed by atoms with Crippen molar-refractivity contribution in [3.63, 3.8) is 0 Å². The minimum Gasteiger partial charge on any atom is -0.324 e. The zero-order valence-electron chi connectivity index (χ0n) is 8.41. The number of rotatable bonds is 4. The van der Waals surface area contributed by atoms with Crippen LogP contribution in [-0.2, 0) is 9.13 Å². The molecule has 15 heavy (non-hydrogen) atoms. The molecule has 0 aromatic heterocycles. The first-order valence-electron chi connectivity index (χ1n) is 4.49. The monoisotopic (exact) mass is 261 g/mol. The van der Waals surface area contributed by atoms with E-state index in [2.05, 4.69) is 6.92 Å². The van der Waals surface area contributed by atoms with E-state index in [4.69, 9.17) is 19.6 Å². The highest BCUT2D eigenvalue weighted by atomic mass is 31.2. The highest BCUT2D eigenvalue weighted by Gasteiger charge is 2.19. The molecule has 0 aromatic carbocycles. The summed E-state index contributed by atoms with van der Waals surface area (Å²) < 4.78 is 19.9. The van der Waals surface area contributed by atoms with E-state index in [0.29, 0.717) is 0 Å². The molecule has 0 unspecified atom stereocenters. The fourth-order valence-electron chi connectivity index (χ4n) is 0.710. The third-order valence-electron chi connectivity index (χ3n) is 1.76. The summed E-state index contributed by atoms with van der Waals surface area (Å²) in [5.41, 5.74) is 0. The Hall–Kier alpha value is 0.260. The molecule has 0 saturated heterocycles. The largest absolute Gasteiger partial charge is 0.400 e. The van der Waals surface area contributed by atoms with Crippen LogP contribution < -0.4 is 5.09 Å². The van der Waals surface area contributed by atoms with Gasteiger partial charge in [0.2, 0.25) is 0 Å². The molecule has 7 nitrogen and oxygen atoms in total. The van der Waals surface area contributed by atoms with E-state index in [1.54, 1.807) is 0 Å². The van der Waals surface area contributed by atoms with Gasteiger partial charge in [-0.1, -0.05) is 26.2 Å². The highest BCUT2D eigenvalue weighted by molar-refractivity contribution is 7.54. The molecule has 1 aliphatic carbocycles. The zero-order valence-corrected chi connectivity index (χ0v) is 10.2. The van der Waals surface area contributed by atoms with Gasteiger partial charge < -0.3 is 19.6 Å². The summed E-state index contributed by atoms with van der Waals surface area (Å²) in [6.07, 6.45) is 3.42. The molecule has 1 saturated carbocycles. The second-order valence-corrected chi connectivity index (χ2v) is 6.43. The van der Waals surface area contributed by atoms with E-state index in [0.717, 1.165) is 5.92 Å². The molecule has 92 valence electrons. The maximum absolute atomic E-state index is 9.97. The van der Waals surface area contributed by atoms with Crippen LogP contribution in [0.2, 0.25) is 0 Å². The Morgan fingerprint density at radius 2 is 1.67 bits per heavy atom. The summed E-state index contributed by atoms with van der Waals surface area (Å²) in [6, 6.07) is 0. The fraction of sp³-hybridized carbons (Fsp3) is 1.00. The summed E-state index contributed by atoms with van der Waals surface area (Å²) in [6.45, 7) is 2.26. The highest BCUT2D eigenvalue weighted by Crippen LogP contribution is 2.38. The van der Waals surface area contributed by atoms with Crippen LogP contribution >= 0.6 is 15.3 Å². The molecule has 1 fully saturated rings. The van der Waals surface area contributed by atoms with Gasteiger partial charge in [-0.15, -0.1) is 0 Å². The molecular formula is C6H17NO6P2. The van der Waals surface area contributed by atoms with Gasteiger partial charge in [-0.2, -0.15) is 0 Å². The smallest absolute Gasteiger partial charge is 0.324 e. The minimum atomic E-state index is -4.50. The molecule has 0 aliphatic heterocycles. The maximum Gasteiger partial charge on any atom is 0.400 e. The molecule has 0 bridgehead atoms. The third-order valence-corrected chi connectivity index (χ3v) is 3.15. The van der Waals surface area contributed by atoms with Crippen molar-refractivity contribution >= 4 is 15.3 Å². The van der Waals surface area contributed by atoms with Crippen LogP contribution in [0, 0.1) is 5.92 Å². The van der Waals surface area contributed by atoms with Crippen LogP contribution in [0.1, 0.15) is 26.2 Å². The molecular weight excluding hydrogens is 244 g/mol. The van der Waals surface area contributed by atoms with Crippen LogP contribution in [0.5, 0.6) is 0 Å². The van der Waals surface area contributed by atoms with Gasteiger partial charge in [0.05, 0.1) is 0 Å². The van der Waals surface area contributed by atoms with Crippen molar-refractivity contribution in [3.8, 4) is 0 Å². The molecule has 0 heterocycles. The van der Waals surface area contributed by atoms with Crippen molar-refractivity contribution in [1.29, 1.82) is 0 Å². The first-order valence-corrected chi connectivity index (χ1v) is 7.90. The van der Waals surface area contributed by atoms with Gasteiger partial charge in [-0.25, -0.2) is 9.65 Å². The van der Waals surface area contributed by atoms with Gasteiger partial charge in [-0.05, 0) is 5.92 Å². The Morgan fingerprint density at radius 1 is 1.20 bits per heavy atom. The summed E-state index contributed by atoms with van der Waals surface area (Å²) in [7, 11) is -8.87. The lowest BCUT2D eigenvalue weighted by atomic mass is 10.3. The lowest BCUT2D eigenvalue weighted by molar-refractivity contribution is 0.345. The van der Waals surface area contributed by atoms with Crippen LogP contribution in [0.25, 0.3) is 0 Å². The summed E-state index contributed by atoms with van der Waals surface area (Å²) in [5.74, 6) is 1.13. The molecule has 1 rings (SSSR count). The van der Waals surface area contributed by atoms with E-state index in [-0.39, 0.29) is 0 Å². The van der Waals surface area contributed by atoms with Gasteiger partial charge >= 0.3 is 15.3 Å². The first kappa shape index (κ1) is 15.3. The van der Waals surface area contributed by atoms with Gasteiger partial charge in [0.1, 0.15) is 6.29 Å². The topological polar surface area (TPSA) is 127 Å². The average molecular weight is 261 g/mol. The second kappa shape index (κ2) is 6.11. The molecule has 0 spiro atoms. The Kier molecular flexibility index (Phi) is 6.21. The Balaban J connectivity index is 0.000000322. The molecule has 0 amide bonds. The third kappa shape index (κ3) is 14.3. The quantitative estimate of drug-likeness (QED) is 0.469. The normalized spacial score (nSPS) is 16.9. The van der Waals surface area contributed by atoms with Crippen molar-refractivity contribution in [2.24, 2.45) is 5.92 Å². The standard InChI is InChI=1S/C5H10.CH7NO6P2/c1-2-5-3-4-5;3-9(4,5)1-2-10(6,7)8/h5H,2-4H2,1H3;1H2,(H2,3,4,5)(H3,2,6,7,8). The predicted octanol–water partition coefficient (Wildman–Crippen LogP) is 0.610. The van der Waals surface area contributed by atoms with Gasteiger partial charge in [0.25, 0.3) is 0 Å². The van der Waals surface area contributed by atoms with E-state index in [9.17, 15) is 9.13 Å². The summed E-state index contributed by atoms with van der Waals surface area (Å²) in [5, 5.41) is 1.37.